The molecule has 2 heterocycles. The number of ether oxygens (including phenoxy) is 1. The van der Waals surface area contributed by atoms with Crippen molar-refractivity contribution >= 4 is 39.5 Å². The molecule has 7 nitrogen and oxygen atoms in total. The summed E-state index contributed by atoms with van der Waals surface area (Å²) in [5, 5.41) is 2.94. The van der Waals surface area contributed by atoms with Gasteiger partial charge in [0, 0.05) is 24.0 Å². The fourth-order valence-electron chi connectivity index (χ4n) is 3.88. The number of furan rings is 1. The zero-order valence-electron chi connectivity index (χ0n) is 15.9. The molecule has 0 aliphatic carbocycles. The number of piperidine rings is 1. The average Bonchev–Trinajstić information content (AvgIpc) is 3.15. The highest BCUT2D eigenvalue weighted by Gasteiger charge is 2.27. The summed E-state index contributed by atoms with van der Waals surface area (Å²) < 4.78 is 10.8. The number of nitrogens with two attached hydrogens (primary N) is 1. The van der Waals surface area contributed by atoms with Crippen LogP contribution in [0.3, 0.4) is 0 Å². The minimum absolute atomic E-state index is 0.0121. The van der Waals surface area contributed by atoms with Gasteiger partial charge in [-0.3, -0.25) is 14.4 Å². The van der Waals surface area contributed by atoms with Gasteiger partial charge >= 0.3 is 5.97 Å². The lowest BCUT2D eigenvalue weighted by atomic mass is 9.97. The number of primary amides is 1. The van der Waals surface area contributed by atoms with Gasteiger partial charge in [-0.05, 0) is 29.7 Å². The van der Waals surface area contributed by atoms with E-state index in [1.165, 1.54) is 4.90 Å². The number of esters is 1. The zero-order valence-corrected chi connectivity index (χ0v) is 15.9. The van der Waals surface area contributed by atoms with Crippen molar-refractivity contribution in [3.8, 4) is 0 Å². The quantitative estimate of drug-likeness (QED) is 0.670. The van der Waals surface area contributed by atoms with E-state index in [2.05, 4.69) is 0 Å². The van der Waals surface area contributed by atoms with Crippen LogP contribution < -0.4 is 5.73 Å². The Hall–Kier alpha value is -3.35. The zero-order chi connectivity index (χ0) is 20.4. The molecule has 0 spiro atoms. The van der Waals surface area contributed by atoms with Gasteiger partial charge in [0.05, 0.1) is 18.6 Å². The van der Waals surface area contributed by atoms with Crippen LogP contribution in [-0.2, 0) is 25.5 Å². The summed E-state index contributed by atoms with van der Waals surface area (Å²) in [4.78, 5) is 37.6. The normalized spacial score (nSPS) is 16.8. The first-order chi connectivity index (χ1) is 14.0. The van der Waals surface area contributed by atoms with Crippen LogP contribution in [-0.4, -0.2) is 42.4 Å². The number of fused-ring (bicyclic) bond motifs is 3. The first kappa shape index (κ1) is 19.0. The lowest BCUT2D eigenvalue weighted by Crippen LogP contribution is -2.45. The van der Waals surface area contributed by atoms with Gasteiger partial charge in [0.25, 0.3) is 5.91 Å². The van der Waals surface area contributed by atoms with Crippen LogP contribution in [0.15, 0.2) is 47.1 Å². The fourth-order valence-corrected chi connectivity index (χ4v) is 3.88. The van der Waals surface area contributed by atoms with Gasteiger partial charge < -0.3 is 19.8 Å². The maximum Gasteiger partial charge on any atom is 0.310 e. The van der Waals surface area contributed by atoms with Gasteiger partial charge in [0.2, 0.25) is 5.91 Å². The van der Waals surface area contributed by atoms with Crippen LogP contribution in [0, 0.1) is 5.92 Å². The SMILES string of the molecule is NC(=O)[C@@H]1CCCN(C(=O)COC(=O)Cc2coc3ccc4ccccc4c23)C1. The average molecular weight is 394 g/mol. The predicted octanol–water partition coefficient (Wildman–Crippen LogP) is 2.40. The van der Waals surface area contributed by atoms with E-state index in [4.69, 9.17) is 14.9 Å². The Morgan fingerprint density at radius 3 is 2.83 bits per heavy atom. The predicted molar refractivity (Wildman–Crippen MR) is 107 cm³/mol. The molecule has 29 heavy (non-hydrogen) atoms. The molecular weight excluding hydrogens is 372 g/mol. The second kappa shape index (κ2) is 7.95. The Bertz CT molecular complexity index is 1090. The summed E-state index contributed by atoms with van der Waals surface area (Å²) in [5.74, 6) is -1.56. The molecule has 1 fully saturated rings. The van der Waals surface area contributed by atoms with Gasteiger partial charge in [0.15, 0.2) is 6.61 Å². The second-order valence-electron chi connectivity index (χ2n) is 7.34. The number of likely N-dealkylation sites (tertiary alicyclic amines) is 1. The lowest BCUT2D eigenvalue weighted by molar-refractivity contribution is -0.152. The summed E-state index contributed by atoms with van der Waals surface area (Å²) >= 11 is 0. The maximum absolute atomic E-state index is 12.3. The van der Waals surface area contributed by atoms with Crippen molar-refractivity contribution < 1.29 is 23.5 Å². The van der Waals surface area contributed by atoms with Crippen LogP contribution in [0.25, 0.3) is 21.7 Å². The van der Waals surface area contributed by atoms with Crippen molar-refractivity contribution in [2.45, 2.75) is 19.3 Å². The third-order valence-electron chi connectivity index (χ3n) is 5.41. The molecule has 3 aromatic rings. The van der Waals surface area contributed by atoms with E-state index in [-0.39, 0.29) is 31.4 Å². The van der Waals surface area contributed by atoms with Crippen molar-refractivity contribution in [3.05, 3.63) is 48.2 Å². The number of amides is 2. The number of rotatable bonds is 5. The summed E-state index contributed by atoms with van der Waals surface area (Å²) in [6.45, 7) is 0.476. The van der Waals surface area contributed by atoms with Crippen LogP contribution >= 0.6 is 0 Å². The minimum atomic E-state index is -0.502. The van der Waals surface area contributed by atoms with E-state index in [0.717, 1.165) is 21.7 Å². The van der Waals surface area contributed by atoms with Crippen molar-refractivity contribution in [2.75, 3.05) is 19.7 Å². The molecule has 0 saturated carbocycles. The molecular formula is C22H22N2O5. The summed E-state index contributed by atoms with van der Waals surface area (Å²) in [7, 11) is 0. The lowest BCUT2D eigenvalue weighted by Gasteiger charge is -2.31. The second-order valence-corrected chi connectivity index (χ2v) is 7.34. The summed E-state index contributed by atoms with van der Waals surface area (Å²) in [5.41, 5.74) is 6.77. The smallest absolute Gasteiger partial charge is 0.310 e. The molecule has 7 heteroatoms. The topological polar surface area (TPSA) is 103 Å². The van der Waals surface area contributed by atoms with Crippen LogP contribution in [0.5, 0.6) is 0 Å². The highest BCUT2D eigenvalue weighted by atomic mass is 16.5. The van der Waals surface area contributed by atoms with Crippen molar-refractivity contribution in [1.82, 2.24) is 4.90 Å². The van der Waals surface area contributed by atoms with Crippen LogP contribution in [0.2, 0.25) is 0 Å². The molecule has 1 aliphatic rings. The van der Waals surface area contributed by atoms with E-state index >= 15 is 0 Å². The molecule has 1 atom stereocenters. The van der Waals surface area contributed by atoms with Gasteiger partial charge in [-0.15, -0.1) is 0 Å². The molecule has 1 aliphatic heterocycles. The molecule has 2 N–H and O–H groups in total. The Labute approximate surface area is 167 Å². The van der Waals surface area contributed by atoms with Gasteiger partial charge in [-0.2, -0.15) is 0 Å². The van der Waals surface area contributed by atoms with Crippen LogP contribution in [0.1, 0.15) is 18.4 Å². The molecule has 1 saturated heterocycles. The van der Waals surface area contributed by atoms with E-state index in [1.54, 1.807) is 6.26 Å². The van der Waals surface area contributed by atoms with Crippen molar-refractivity contribution in [2.24, 2.45) is 11.7 Å². The first-order valence-corrected chi connectivity index (χ1v) is 9.63. The molecule has 150 valence electrons. The fraction of sp³-hybridized carbons (Fsp3) is 0.318. The number of carbonyl (C=O) groups is 3. The number of nitrogens with zero attached hydrogens (tertiary/aromatic N) is 1. The van der Waals surface area contributed by atoms with Gasteiger partial charge in [-0.1, -0.05) is 30.3 Å². The Morgan fingerprint density at radius 2 is 2.00 bits per heavy atom. The molecule has 0 bridgehead atoms. The van der Waals surface area contributed by atoms with E-state index < -0.39 is 11.9 Å². The highest BCUT2D eigenvalue weighted by Crippen LogP contribution is 2.30. The standard InChI is InChI=1S/C22H22N2O5/c23-22(27)15-5-3-9-24(11-15)19(25)13-29-20(26)10-16-12-28-18-8-7-14-4-1-2-6-17(14)21(16)18/h1-2,4,6-8,12,15H,3,5,9-11,13H2,(H2,23,27)/t15-/m1/s1. The van der Waals surface area contributed by atoms with Crippen molar-refractivity contribution in [3.63, 3.8) is 0 Å². The van der Waals surface area contributed by atoms with E-state index in [0.29, 0.717) is 25.0 Å². The monoisotopic (exact) mass is 394 g/mol. The Kier molecular flexibility index (Phi) is 5.20. The molecule has 4 rings (SSSR count). The highest BCUT2D eigenvalue weighted by molar-refractivity contribution is 6.08. The van der Waals surface area contributed by atoms with Crippen molar-refractivity contribution in [1.29, 1.82) is 0 Å². The third kappa shape index (κ3) is 3.94. The van der Waals surface area contributed by atoms with Crippen LogP contribution in [0.4, 0.5) is 0 Å². The summed E-state index contributed by atoms with van der Waals surface area (Å²) in [6.07, 6.45) is 2.96. The van der Waals surface area contributed by atoms with E-state index in [1.807, 2.05) is 36.4 Å². The molecule has 2 aromatic carbocycles. The molecule has 0 radical (unpaired) electrons. The molecule has 2 amide bonds. The maximum atomic E-state index is 12.3. The minimum Gasteiger partial charge on any atom is -0.464 e. The third-order valence-corrected chi connectivity index (χ3v) is 5.41. The Morgan fingerprint density at radius 1 is 1.17 bits per heavy atom. The number of hydrogen-bond donors (Lipinski definition) is 1. The molecule has 1 aromatic heterocycles. The summed E-state index contributed by atoms with van der Waals surface area (Å²) in [6, 6.07) is 11.7. The van der Waals surface area contributed by atoms with Gasteiger partial charge in [0.1, 0.15) is 5.58 Å². The number of benzene rings is 2. The first-order valence-electron chi connectivity index (χ1n) is 9.63. The number of carbonyl (C=O) groups excluding carboxylic acids is 3. The van der Waals surface area contributed by atoms with E-state index in [9.17, 15) is 14.4 Å². The van der Waals surface area contributed by atoms with Gasteiger partial charge in [-0.25, -0.2) is 0 Å². The Balaban J connectivity index is 1.41. The largest absolute Gasteiger partial charge is 0.464 e. The number of hydrogen-bond acceptors (Lipinski definition) is 5. The molecule has 0 unspecified atom stereocenters.